The van der Waals surface area contributed by atoms with Gasteiger partial charge in [-0.15, -0.1) is 0 Å². The number of nitrogens with two attached hydrogens (primary N) is 1. The highest BCUT2D eigenvalue weighted by atomic mass is 35.5. The van der Waals surface area contributed by atoms with Gasteiger partial charge in [0.2, 0.25) is 0 Å². The minimum atomic E-state index is -0.496. The number of amides is 1. The number of thiazole rings is 1. The first kappa shape index (κ1) is 24.0. The molecular formula is C20H25ClN8O4S. The minimum Gasteiger partial charge on any atom is -0.465 e. The second-order valence-electron chi connectivity index (χ2n) is 7.81. The number of nitrogens with zero attached hydrogens (tertiary/aromatic N) is 5. The second kappa shape index (κ2) is 9.60. The molecule has 1 amide bonds. The summed E-state index contributed by atoms with van der Waals surface area (Å²) in [5.74, 6) is -0.382. The molecule has 34 heavy (non-hydrogen) atoms. The third-order valence-electron chi connectivity index (χ3n) is 5.76. The topological polar surface area (TPSA) is 153 Å². The molecular weight excluding hydrogens is 484 g/mol. The molecule has 0 aliphatic carbocycles. The van der Waals surface area contributed by atoms with Crippen LogP contribution in [0.5, 0.6) is 0 Å². The Morgan fingerprint density at radius 2 is 2.15 bits per heavy atom. The molecule has 12 nitrogen and oxygen atoms in total. The van der Waals surface area contributed by atoms with E-state index in [0.29, 0.717) is 52.4 Å². The molecule has 3 aromatic rings. The van der Waals surface area contributed by atoms with Crippen LogP contribution in [0.2, 0.25) is 5.02 Å². The highest BCUT2D eigenvalue weighted by molar-refractivity contribution is 7.17. The third-order valence-corrected chi connectivity index (χ3v) is 7.25. The summed E-state index contributed by atoms with van der Waals surface area (Å²) in [4.78, 5) is 39.4. The molecule has 4 N–H and O–H groups in total. The number of aromatic amines is 1. The monoisotopic (exact) mass is 508 g/mol. The van der Waals surface area contributed by atoms with E-state index in [1.54, 1.807) is 25.8 Å². The van der Waals surface area contributed by atoms with E-state index >= 15 is 0 Å². The van der Waals surface area contributed by atoms with Crippen LogP contribution in [0.15, 0.2) is 6.33 Å². The summed E-state index contributed by atoms with van der Waals surface area (Å²) in [5.41, 5.74) is 7.50. The van der Waals surface area contributed by atoms with E-state index in [-0.39, 0.29) is 28.8 Å². The van der Waals surface area contributed by atoms with Crippen molar-refractivity contribution >= 4 is 45.6 Å². The molecule has 0 saturated carbocycles. The van der Waals surface area contributed by atoms with E-state index < -0.39 is 5.97 Å². The Balaban J connectivity index is 1.53. The molecule has 14 heteroatoms. The number of ether oxygens (including phenoxy) is 2. The molecule has 1 saturated heterocycles. The summed E-state index contributed by atoms with van der Waals surface area (Å²) in [6.45, 7) is 2.78. The van der Waals surface area contributed by atoms with Gasteiger partial charge in [-0.2, -0.15) is 5.10 Å². The van der Waals surface area contributed by atoms with Crippen molar-refractivity contribution in [3.8, 4) is 11.5 Å². The maximum absolute atomic E-state index is 12.8. The van der Waals surface area contributed by atoms with E-state index in [4.69, 9.17) is 26.8 Å². The number of methoxy groups -OCH3 is 2. The van der Waals surface area contributed by atoms with Gasteiger partial charge >= 0.3 is 5.97 Å². The Labute approximate surface area is 204 Å². The van der Waals surface area contributed by atoms with Crippen LogP contribution in [-0.4, -0.2) is 76.1 Å². The van der Waals surface area contributed by atoms with Crippen molar-refractivity contribution in [1.29, 1.82) is 0 Å². The zero-order valence-corrected chi connectivity index (χ0v) is 20.7. The predicted molar refractivity (Wildman–Crippen MR) is 127 cm³/mol. The van der Waals surface area contributed by atoms with Crippen molar-refractivity contribution in [3.05, 3.63) is 27.6 Å². The fourth-order valence-corrected chi connectivity index (χ4v) is 5.13. The lowest BCUT2D eigenvalue weighted by Gasteiger charge is -2.37. The number of anilines is 2. The van der Waals surface area contributed by atoms with Crippen LogP contribution in [0.4, 0.5) is 10.8 Å². The number of nitrogens with one attached hydrogen (secondary N) is 2. The number of aryl methyl sites for hydroxylation is 2. The Bertz CT molecular complexity index is 1220. The van der Waals surface area contributed by atoms with Crippen LogP contribution < -0.4 is 16.0 Å². The SMILES string of the molecule is COC(=O)c1sc(N2CC[C@@H](NC(=O)c3[nH]c(C)c(N)c3Cl)[C@@H](OC)C2)nc1-c1ncnn1C. The number of H-pyrrole nitrogens is 1. The number of halogens is 1. The third kappa shape index (κ3) is 4.33. The number of hydrogen-bond acceptors (Lipinski definition) is 10. The molecule has 182 valence electrons. The molecule has 0 aromatic carbocycles. The molecule has 0 bridgehead atoms. The van der Waals surface area contributed by atoms with Crippen molar-refractivity contribution < 1.29 is 19.1 Å². The van der Waals surface area contributed by atoms with Gasteiger partial charge in [-0.25, -0.2) is 19.4 Å². The first-order chi connectivity index (χ1) is 16.2. The van der Waals surface area contributed by atoms with Gasteiger partial charge < -0.3 is 30.4 Å². The quantitative estimate of drug-likeness (QED) is 0.421. The summed E-state index contributed by atoms with van der Waals surface area (Å²) < 4.78 is 12.2. The van der Waals surface area contributed by atoms with Crippen LogP contribution >= 0.6 is 22.9 Å². The zero-order chi connectivity index (χ0) is 24.6. The first-order valence-electron chi connectivity index (χ1n) is 10.4. The maximum atomic E-state index is 12.8. The summed E-state index contributed by atoms with van der Waals surface area (Å²) in [6, 6.07) is -0.257. The summed E-state index contributed by atoms with van der Waals surface area (Å²) in [5, 5.41) is 7.89. The van der Waals surface area contributed by atoms with Gasteiger partial charge in [0.15, 0.2) is 11.0 Å². The lowest BCUT2D eigenvalue weighted by atomic mass is 10.0. The van der Waals surface area contributed by atoms with E-state index in [2.05, 4.69) is 25.4 Å². The molecule has 1 aliphatic heterocycles. The lowest BCUT2D eigenvalue weighted by molar-refractivity contribution is 0.0540. The molecule has 2 atom stereocenters. The molecule has 0 spiro atoms. The number of rotatable bonds is 6. The number of carbonyl (C=O) groups is 2. The smallest absolute Gasteiger partial charge is 0.350 e. The average Bonchev–Trinajstić information content (AvgIpc) is 3.52. The molecule has 0 radical (unpaired) electrons. The van der Waals surface area contributed by atoms with Gasteiger partial charge in [0.1, 0.15) is 22.6 Å². The molecule has 4 heterocycles. The summed E-state index contributed by atoms with van der Waals surface area (Å²) in [7, 11) is 4.63. The van der Waals surface area contributed by atoms with E-state index in [0.717, 1.165) is 0 Å². The van der Waals surface area contributed by atoms with Gasteiger partial charge in [0.05, 0.1) is 30.0 Å². The second-order valence-corrected chi connectivity index (χ2v) is 9.17. The largest absolute Gasteiger partial charge is 0.465 e. The fourth-order valence-electron chi connectivity index (χ4n) is 3.84. The van der Waals surface area contributed by atoms with E-state index in [9.17, 15) is 9.59 Å². The highest BCUT2D eigenvalue weighted by Gasteiger charge is 2.34. The molecule has 1 aliphatic rings. The zero-order valence-electron chi connectivity index (χ0n) is 19.1. The van der Waals surface area contributed by atoms with Crippen LogP contribution in [0.25, 0.3) is 11.5 Å². The van der Waals surface area contributed by atoms with Crippen molar-refractivity contribution in [3.63, 3.8) is 0 Å². The van der Waals surface area contributed by atoms with Gasteiger partial charge in [-0.3, -0.25) is 4.79 Å². The molecule has 0 unspecified atom stereocenters. The number of piperidine rings is 1. The Hall–Kier alpha value is -3.16. The number of carbonyl (C=O) groups excluding carboxylic acids is 2. The normalized spacial score (nSPS) is 18.2. The van der Waals surface area contributed by atoms with Crippen LogP contribution in [0.3, 0.4) is 0 Å². The first-order valence-corrected chi connectivity index (χ1v) is 11.6. The predicted octanol–water partition coefficient (Wildman–Crippen LogP) is 1.62. The van der Waals surface area contributed by atoms with Crippen molar-refractivity contribution in [2.75, 3.05) is 37.9 Å². The summed E-state index contributed by atoms with van der Waals surface area (Å²) >= 11 is 7.41. The summed E-state index contributed by atoms with van der Waals surface area (Å²) in [6.07, 6.45) is 1.66. The molecule has 1 fully saturated rings. The fraction of sp³-hybridized carbons (Fsp3) is 0.450. The van der Waals surface area contributed by atoms with Gasteiger partial charge in [0.25, 0.3) is 5.91 Å². The van der Waals surface area contributed by atoms with Gasteiger partial charge in [-0.05, 0) is 13.3 Å². The van der Waals surface area contributed by atoms with E-state index in [1.165, 1.54) is 24.8 Å². The van der Waals surface area contributed by atoms with E-state index in [1.807, 2.05) is 4.90 Å². The highest BCUT2D eigenvalue weighted by Crippen LogP contribution is 2.34. The maximum Gasteiger partial charge on any atom is 0.350 e. The van der Waals surface area contributed by atoms with Crippen LogP contribution in [-0.2, 0) is 16.5 Å². The Morgan fingerprint density at radius 3 is 2.74 bits per heavy atom. The van der Waals surface area contributed by atoms with Crippen molar-refractivity contribution in [1.82, 2.24) is 30.0 Å². The average molecular weight is 509 g/mol. The standard InChI is InChI=1S/C20H25ClN8O4S/c1-9-13(22)12(21)14(25-9)18(30)26-10-5-6-29(7-11(10)32-3)20-27-15(16(34-20)19(31)33-4)17-23-8-24-28(17)2/h8,10-11,25H,5-7,22H2,1-4H3,(H,26,30)/t10-,11+/m1/s1. The number of esters is 1. The molecule has 4 rings (SSSR count). The van der Waals surface area contributed by atoms with Crippen LogP contribution in [0.1, 0.15) is 32.3 Å². The van der Waals surface area contributed by atoms with Crippen LogP contribution in [0, 0.1) is 6.92 Å². The van der Waals surface area contributed by atoms with Crippen molar-refractivity contribution in [2.45, 2.75) is 25.5 Å². The number of hydrogen-bond donors (Lipinski definition) is 3. The minimum absolute atomic E-state index is 0.204. The number of aromatic nitrogens is 5. The lowest BCUT2D eigenvalue weighted by Crippen LogP contribution is -2.55. The Morgan fingerprint density at radius 1 is 1.38 bits per heavy atom. The number of nitrogen functional groups attached to an aromatic ring is 1. The molecule has 3 aromatic heterocycles. The van der Waals surface area contributed by atoms with Gasteiger partial charge in [0, 0.05) is 32.9 Å². The Kier molecular flexibility index (Phi) is 6.77. The van der Waals surface area contributed by atoms with Crippen molar-refractivity contribution in [2.24, 2.45) is 7.05 Å². The van der Waals surface area contributed by atoms with Gasteiger partial charge in [-0.1, -0.05) is 22.9 Å².